The largest absolute Gasteiger partial charge is 0.465 e. The molecule has 0 saturated heterocycles. The Balaban J connectivity index is 3.36. The van der Waals surface area contributed by atoms with E-state index in [1.54, 1.807) is 6.92 Å². The molecule has 0 saturated carbocycles. The lowest BCUT2D eigenvalue weighted by atomic mass is 10.1. The van der Waals surface area contributed by atoms with E-state index in [0.717, 1.165) is 11.3 Å². The zero-order valence-electron chi connectivity index (χ0n) is 9.84. The SMILES string of the molecule is CCc1[nH]c(C(=O)OC)c(C(=O)OC)c1C. The van der Waals surface area contributed by atoms with Crippen LogP contribution in [0, 0.1) is 6.92 Å². The molecule has 0 aliphatic heterocycles. The average molecular weight is 225 g/mol. The number of nitrogens with one attached hydrogen (secondary N) is 1. The number of H-pyrrole nitrogens is 1. The van der Waals surface area contributed by atoms with Crippen molar-refractivity contribution in [3.8, 4) is 0 Å². The molecule has 0 aliphatic carbocycles. The van der Waals surface area contributed by atoms with Gasteiger partial charge in [-0.3, -0.25) is 0 Å². The van der Waals surface area contributed by atoms with E-state index in [0.29, 0.717) is 6.42 Å². The molecule has 0 fully saturated rings. The number of ether oxygens (including phenoxy) is 2. The van der Waals surface area contributed by atoms with E-state index in [2.05, 4.69) is 14.5 Å². The molecule has 0 radical (unpaired) electrons. The van der Waals surface area contributed by atoms with Gasteiger partial charge in [-0.05, 0) is 18.9 Å². The highest BCUT2D eigenvalue weighted by Crippen LogP contribution is 2.20. The lowest BCUT2D eigenvalue weighted by Crippen LogP contribution is -2.11. The monoisotopic (exact) mass is 225 g/mol. The van der Waals surface area contributed by atoms with Crippen molar-refractivity contribution in [2.75, 3.05) is 14.2 Å². The minimum absolute atomic E-state index is 0.156. The van der Waals surface area contributed by atoms with Crippen molar-refractivity contribution < 1.29 is 19.1 Å². The van der Waals surface area contributed by atoms with Crippen LogP contribution in [0.25, 0.3) is 0 Å². The second-order valence-corrected chi connectivity index (χ2v) is 3.32. The second-order valence-electron chi connectivity index (χ2n) is 3.32. The maximum Gasteiger partial charge on any atom is 0.355 e. The quantitative estimate of drug-likeness (QED) is 0.791. The van der Waals surface area contributed by atoms with E-state index in [9.17, 15) is 9.59 Å². The molecule has 1 aromatic rings. The molecular weight excluding hydrogens is 210 g/mol. The summed E-state index contributed by atoms with van der Waals surface area (Å²) in [5, 5.41) is 0. The maximum absolute atomic E-state index is 11.6. The zero-order chi connectivity index (χ0) is 12.3. The first-order chi connectivity index (χ1) is 7.56. The molecule has 88 valence electrons. The number of methoxy groups -OCH3 is 2. The minimum atomic E-state index is -0.566. The molecule has 0 bridgehead atoms. The molecule has 16 heavy (non-hydrogen) atoms. The fraction of sp³-hybridized carbons (Fsp3) is 0.455. The Morgan fingerprint density at radius 2 is 1.75 bits per heavy atom. The first-order valence-corrected chi connectivity index (χ1v) is 4.94. The molecule has 1 N–H and O–H groups in total. The van der Waals surface area contributed by atoms with Crippen molar-refractivity contribution in [2.24, 2.45) is 0 Å². The number of aromatic amines is 1. The molecule has 5 nitrogen and oxygen atoms in total. The van der Waals surface area contributed by atoms with Crippen molar-refractivity contribution in [2.45, 2.75) is 20.3 Å². The Morgan fingerprint density at radius 1 is 1.19 bits per heavy atom. The van der Waals surface area contributed by atoms with Gasteiger partial charge in [0.05, 0.1) is 19.8 Å². The number of rotatable bonds is 3. The van der Waals surface area contributed by atoms with Crippen LogP contribution in [0.4, 0.5) is 0 Å². The Labute approximate surface area is 93.7 Å². The Kier molecular flexibility index (Phi) is 3.71. The molecule has 0 spiro atoms. The van der Waals surface area contributed by atoms with Crippen LogP contribution in [0.15, 0.2) is 0 Å². The third kappa shape index (κ3) is 1.93. The molecule has 1 rings (SSSR count). The molecule has 0 aliphatic rings. The molecule has 0 aromatic carbocycles. The normalized spacial score (nSPS) is 10.0. The highest BCUT2D eigenvalue weighted by molar-refractivity contribution is 6.03. The van der Waals surface area contributed by atoms with Gasteiger partial charge in [0.25, 0.3) is 0 Å². The number of hydrogen-bond donors (Lipinski definition) is 1. The molecule has 0 atom stereocenters. The average Bonchev–Trinajstić information content (AvgIpc) is 2.64. The summed E-state index contributed by atoms with van der Waals surface area (Å²) < 4.78 is 9.25. The smallest absolute Gasteiger partial charge is 0.355 e. The highest BCUT2D eigenvalue weighted by Gasteiger charge is 2.25. The van der Waals surface area contributed by atoms with E-state index in [1.165, 1.54) is 14.2 Å². The predicted molar refractivity (Wildman–Crippen MR) is 57.6 cm³/mol. The Bertz CT molecular complexity index is 420. The van der Waals surface area contributed by atoms with Crippen LogP contribution in [-0.4, -0.2) is 31.1 Å². The number of aromatic nitrogens is 1. The summed E-state index contributed by atoms with van der Waals surface area (Å²) in [6, 6.07) is 0. The number of hydrogen-bond acceptors (Lipinski definition) is 4. The number of aryl methyl sites for hydroxylation is 1. The van der Waals surface area contributed by atoms with Crippen LogP contribution in [0.3, 0.4) is 0 Å². The lowest BCUT2D eigenvalue weighted by molar-refractivity contribution is 0.0551. The van der Waals surface area contributed by atoms with Gasteiger partial charge in [0.2, 0.25) is 0 Å². The van der Waals surface area contributed by atoms with Gasteiger partial charge in [-0.15, -0.1) is 0 Å². The summed E-state index contributed by atoms with van der Waals surface area (Å²) in [6.45, 7) is 3.70. The van der Waals surface area contributed by atoms with Crippen LogP contribution < -0.4 is 0 Å². The van der Waals surface area contributed by atoms with Crippen LogP contribution in [0.1, 0.15) is 39.0 Å². The zero-order valence-corrected chi connectivity index (χ0v) is 9.84. The fourth-order valence-corrected chi connectivity index (χ4v) is 1.61. The summed E-state index contributed by atoms with van der Waals surface area (Å²) in [4.78, 5) is 25.9. The molecule has 5 heteroatoms. The lowest BCUT2D eigenvalue weighted by Gasteiger charge is -2.01. The van der Waals surface area contributed by atoms with Crippen LogP contribution in [0.2, 0.25) is 0 Å². The van der Waals surface area contributed by atoms with Gasteiger partial charge in [-0.25, -0.2) is 9.59 Å². The second kappa shape index (κ2) is 4.83. The molecule has 1 aromatic heterocycles. The van der Waals surface area contributed by atoms with Crippen molar-refractivity contribution in [3.63, 3.8) is 0 Å². The molecule has 1 heterocycles. The van der Waals surface area contributed by atoms with E-state index in [-0.39, 0.29) is 11.3 Å². The first kappa shape index (κ1) is 12.3. The van der Waals surface area contributed by atoms with Gasteiger partial charge >= 0.3 is 11.9 Å². The summed E-state index contributed by atoms with van der Waals surface area (Å²) in [6.07, 6.45) is 0.701. The van der Waals surface area contributed by atoms with E-state index < -0.39 is 11.9 Å². The van der Waals surface area contributed by atoms with Gasteiger partial charge < -0.3 is 14.5 Å². The van der Waals surface area contributed by atoms with E-state index in [4.69, 9.17) is 0 Å². The molecule has 0 amide bonds. The maximum atomic E-state index is 11.6. The Morgan fingerprint density at radius 3 is 2.19 bits per heavy atom. The van der Waals surface area contributed by atoms with E-state index >= 15 is 0 Å². The van der Waals surface area contributed by atoms with Crippen molar-refractivity contribution in [3.05, 3.63) is 22.5 Å². The van der Waals surface area contributed by atoms with Crippen molar-refractivity contribution >= 4 is 11.9 Å². The number of esters is 2. The highest BCUT2D eigenvalue weighted by atomic mass is 16.5. The first-order valence-electron chi connectivity index (χ1n) is 4.94. The third-order valence-corrected chi connectivity index (χ3v) is 2.49. The van der Waals surface area contributed by atoms with Crippen LogP contribution >= 0.6 is 0 Å². The fourth-order valence-electron chi connectivity index (χ4n) is 1.61. The van der Waals surface area contributed by atoms with Crippen molar-refractivity contribution in [1.29, 1.82) is 0 Å². The van der Waals surface area contributed by atoms with Gasteiger partial charge in [-0.1, -0.05) is 6.92 Å². The summed E-state index contributed by atoms with van der Waals surface area (Å²) in [7, 11) is 2.55. The number of carbonyl (C=O) groups excluding carboxylic acids is 2. The van der Waals surface area contributed by atoms with Crippen LogP contribution in [-0.2, 0) is 15.9 Å². The third-order valence-electron chi connectivity index (χ3n) is 2.49. The summed E-state index contributed by atoms with van der Waals surface area (Å²) >= 11 is 0. The minimum Gasteiger partial charge on any atom is -0.465 e. The predicted octanol–water partition coefficient (Wildman–Crippen LogP) is 1.46. The van der Waals surface area contributed by atoms with E-state index in [1.807, 2.05) is 6.92 Å². The molecular formula is C11H15NO4. The van der Waals surface area contributed by atoms with Gasteiger partial charge in [0.15, 0.2) is 0 Å². The van der Waals surface area contributed by atoms with Gasteiger partial charge in [0.1, 0.15) is 5.69 Å². The van der Waals surface area contributed by atoms with Crippen LogP contribution in [0.5, 0.6) is 0 Å². The van der Waals surface area contributed by atoms with Crippen molar-refractivity contribution in [1.82, 2.24) is 4.98 Å². The van der Waals surface area contributed by atoms with Gasteiger partial charge in [-0.2, -0.15) is 0 Å². The number of carbonyl (C=O) groups is 2. The summed E-state index contributed by atoms with van der Waals surface area (Å²) in [5.74, 6) is -1.10. The Hall–Kier alpha value is -1.78. The van der Waals surface area contributed by atoms with Gasteiger partial charge in [0, 0.05) is 5.69 Å². The topological polar surface area (TPSA) is 68.4 Å². The standard InChI is InChI=1S/C11H15NO4/c1-5-7-6(2)8(10(13)15-3)9(12-7)11(14)16-4/h12H,5H2,1-4H3. The summed E-state index contributed by atoms with van der Waals surface area (Å²) in [5.41, 5.74) is 1.98. The molecule has 0 unspecified atom stereocenters.